The van der Waals surface area contributed by atoms with Crippen LogP contribution in [0.2, 0.25) is 0 Å². The minimum atomic E-state index is -3.18. The molecular weight excluding hydrogens is 295 g/mol. The van der Waals surface area contributed by atoms with Crippen LogP contribution in [0, 0.1) is 0 Å². The molecule has 2 rings (SSSR count). The Morgan fingerprint density at radius 2 is 2.29 bits per heavy atom. The second-order valence-corrected chi connectivity index (χ2v) is 6.67. The van der Waals surface area contributed by atoms with E-state index in [1.807, 2.05) is 12.1 Å². The van der Waals surface area contributed by atoms with Crippen molar-refractivity contribution in [3.05, 3.63) is 23.8 Å². The van der Waals surface area contributed by atoms with Crippen LogP contribution in [0.1, 0.15) is 18.1 Å². The molecule has 9 heteroatoms. The van der Waals surface area contributed by atoms with E-state index >= 15 is 0 Å². The molecule has 21 heavy (non-hydrogen) atoms. The van der Waals surface area contributed by atoms with Crippen LogP contribution in [0.15, 0.2) is 18.2 Å². The Bertz CT molecular complexity index is 595. The Morgan fingerprint density at radius 3 is 2.95 bits per heavy atom. The molecule has 0 fully saturated rings. The van der Waals surface area contributed by atoms with Crippen molar-refractivity contribution in [1.82, 2.24) is 4.72 Å². The normalized spacial score (nSPS) is 17.9. The van der Waals surface area contributed by atoms with Crippen molar-refractivity contribution in [3.8, 4) is 5.75 Å². The minimum Gasteiger partial charge on any atom is -0.494 e. The van der Waals surface area contributed by atoms with Crippen molar-refractivity contribution in [2.75, 3.05) is 26.0 Å². The van der Waals surface area contributed by atoms with Gasteiger partial charge in [0.15, 0.2) is 0 Å². The predicted octanol–water partition coefficient (Wildman–Crippen LogP) is -1.28. The van der Waals surface area contributed by atoms with Crippen LogP contribution in [0.4, 0.5) is 0 Å². The highest BCUT2D eigenvalue weighted by Crippen LogP contribution is 2.26. The van der Waals surface area contributed by atoms with E-state index in [4.69, 9.17) is 15.1 Å². The molecule has 0 saturated carbocycles. The average Bonchev–Trinajstić information content (AvgIpc) is 2.75. The molecule has 1 heterocycles. The molecule has 0 radical (unpaired) electrons. The molecule has 0 spiro atoms. The fraction of sp³-hybridized carbons (Fsp3) is 0.500. The van der Waals surface area contributed by atoms with Gasteiger partial charge in [0.05, 0.1) is 19.0 Å². The summed E-state index contributed by atoms with van der Waals surface area (Å²) >= 11 is 0. The molecule has 7 nitrogen and oxygen atoms in total. The van der Waals surface area contributed by atoms with E-state index in [0.29, 0.717) is 30.8 Å². The van der Waals surface area contributed by atoms with Gasteiger partial charge >= 0.3 is 7.12 Å². The molecule has 0 aliphatic carbocycles. The standard InChI is InChI=1S/C12H19BN2O5S/c1-21(17,18)15-6-3-7-19-10-5-2-4-9-11(8-14)20-13(16)12(9)10/h2,4-5,11,15-16H,3,6-8,14H2,1H3. The SMILES string of the molecule is CS(=O)(=O)NCCCOc1cccc2c1B(O)OC2CN. The van der Waals surface area contributed by atoms with Crippen LogP contribution in [-0.2, 0) is 14.7 Å². The van der Waals surface area contributed by atoms with Crippen molar-refractivity contribution < 1.29 is 22.8 Å². The molecular formula is C12H19BN2O5S. The third-order valence-electron chi connectivity index (χ3n) is 3.14. The quantitative estimate of drug-likeness (QED) is 0.427. The minimum absolute atomic E-state index is 0.284. The van der Waals surface area contributed by atoms with E-state index in [-0.39, 0.29) is 12.6 Å². The number of nitrogens with one attached hydrogen (secondary N) is 1. The molecule has 1 unspecified atom stereocenters. The van der Waals surface area contributed by atoms with Gasteiger partial charge in [0, 0.05) is 18.6 Å². The first-order chi connectivity index (χ1) is 9.92. The van der Waals surface area contributed by atoms with Crippen LogP contribution >= 0.6 is 0 Å². The molecule has 0 aromatic heterocycles. The molecule has 1 atom stereocenters. The Hall–Kier alpha value is -1.13. The number of rotatable bonds is 7. The largest absolute Gasteiger partial charge is 0.495 e. The van der Waals surface area contributed by atoms with Crippen molar-refractivity contribution in [3.63, 3.8) is 0 Å². The Morgan fingerprint density at radius 1 is 1.52 bits per heavy atom. The molecule has 4 N–H and O–H groups in total. The Balaban J connectivity index is 1.95. The van der Waals surface area contributed by atoms with E-state index in [9.17, 15) is 13.4 Å². The van der Waals surface area contributed by atoms with Gasteiger partial charge in [-0.05, 0) is 18.1 Å². The highest BCUT2D eigenvalue weighted by atomic mass is 32.2. The zero-order valence-corrected chi connectivity index (χ0v) is 12.6. The van der Waals surface area contributed by atoms with Crippen molar-refractivity contribution >= 4 is 22.6 Å². The van der Waals surface area contributed by atoms with Crippen LogP contribution in [-0.4, -0.2) is 46.5 Å². The smallest absolute Gasteiger partial charge is 0.494 e. The van der Waals surface area contributed by atoms with E-state index in [0.717, 1.165) is 11.8 Å². The summed E-state index contributed by atoms with van der Waals surface area (Å²) in [6.07, 6.45) is 1.30. The lowest BCUT2D eigenvalue weighted by Crippen LogP contribution is -2.30. The van der Waals surface area contributed by atoms with Gasteiger partial charge in [0.1, 0.15) is 5.75 Å². The summed E-state index contributed by atoms with van der Waals surface area (Å²) in [5, 5.41) is 9.92. The summed E-state index contributed by atoms with van der Waals surface area (Å²) in [6, 6.07) is 5.41. The maximum Gasteiger partial charge on any atom is 0.495 e. The number of hydrogen-bond acceptors (Lipinski definition) is 6. The summed E-state index contributed by atoms with van der Waals surface area (Å²) in [6.45, 7) is 0.920. The zero-order chi connectivity index (χ0) is 15.5. The third-order valence-corrected chi connectivity index (χ3v) is 3.87. The number of benzene rings is 1. The molecule has 1 aliphatic heterocycles. The van der Waals surface area contributed by atoms with E-state index in [2.05, 4.69) is 4.72 Å². The van der Waals surface area contributed by atoms with Crippen LogP contribution in [0.25, 0.3) is 0 Å². The van der Waals surface area contributed by atoms with Gasteiger partial charge < -0.3 is 20.1 Å². The summed E-state index contributed by atoms with van der Waals surface area (Å²) in [5.74, 6) is 0.537. The third kappa shape index (κ3) is 4.18. The Labute approximate surface area is 124 Å². The number of sulfonamides is 1. The van der Waals surface area contributed by atoms with Crippen LogP contribution in [0.3, 0.4) is 0 Å². The van der Waals surface area contributed by atoms with Crippen molar-refractivity contribution in [1.29, 1.82) is 0 Å². The van der Waals surface area contributed by atoms with Gasteiger partial charge in [-0.15, -0.1) is 0 Å². The molecule has 1 aromatic rings. The monoisotopic (exact) mass is 314 g/mol. The lowest BCUT2D eigenvalue weighted by molar-refractivity contribution is 0.198. The first-order valence-electron chi connectivity index (χ1n) is 6.66. The number of nitrogens with two attached hydrogens (primary N) is 1. The van der Waals surface area contributed by atoms with E-state index in [1.165, 1.54) is 0 Å². The predicted molar refractivity (Wildman–Crippen MR) is 79.9 cm³/mol. The van der Waals surface area contributed by atoms with E-state index in [1.54, 1.807) is 6.07 Å². The highest BCUT2D eigenvalue weighted by Gasteiger charge is 2.37. The molecule has 116 valence electrons. The highest BCUT2D eigenvalue weighted by molar-refractivity contribution is 7.88. The number of ether oxygens (including phenoxy) is 1. The van der Waals surface area contributed by atoms with E-state index < -0.39 is 17.1 Å². The van der Waals surface area contributed by atoms with Gasteiger partial charge in [-0.2, -0.15) is 0 Å². The molecule has 0 bridgehead atoms. The second-order valence-electron chi connectivity index (χ2n) is 4.84. The first-order valence-corrected chi connectivity index (χ1v) is 8.55. The maximum atomic E-state index is 10.9. The van der Waals surface area contributed by atoms with Crippen molar-refractivity contribution in [2.45, 2.75) is 12.5 Å². The van der Waals surface area contributed by atoms with Gasteiger partial charge in [0.25, 0.3) is 0 Å². The van der Waals surface area contributed by atoms with Gasteiger partial charge in [-0.25, -0.2) is 13.1 Å². The lowest BCUT2D eigenvalue weighted by atomic mass is 9.78. The van der Waals surface area contributed by atoms with Crippen molar-refractivity contribution in [2.24, 2.45) is 5.73 Å². The molecule has 0 saturated heterocycles. The summed E-state index contributed by atoms with van der Waals surface area (Å²) in [5.41, 5.74) is 7.03. The van der Waals surface area contributed by atoms with Gasteiger partial charge in [-0.3, -0.25) is 0 Å². The van der Waals surface area contributed by atoms with Crippen LogP contribution < -0.4 is 20.7 Å². The topological polar surface area (TPSA) is 111 Å². The molecule has 1 aliphatic rings. The lowest BCUT2D eigenvalue weighted by Gasteiger charge is -2.11. The summed E-state index contributed by atoms with van der Waals surface area (Å²) in [4.78, 5) is 0. The fourth-order valence-electron chi connectivity index (χ4n) is 2.22. The molecule has 0 amide bonds. The zero-order valence-electron chi connectivity index (χ0n) is 11.8. The summed E-state index contributed by atoms with van der Waals surface area (Å²) < 4.78 is 35.2. The first kappa shape index (κ1) is 16.2. The maximum absolute atomic E-state index is 10.9. The van der Waals surface area contributed by atoms with Crippen LogP contribution in [0.5, 0.6) is 5.75 Å². The fourth-order valence-corrected chi connectivity index (χ4v) is 2.74. The van der Waals surface area contributed by atoms with Gasteiger partial charge in [0.2, 0.25) is 10.0 Å². The Kier molecular flexibility index (Phi) is 5.23. The van der Waals surface area contributed by atoms with Gasteiger partial charge in [-0.1, -0.05) is 12.1 Å². The second kappa shape index (κ2) is 6.76. The summed E-state index contributed by atoms with van der Waals surface area (Å²) in [7, 11) is -4.22. The molecule has 1 aromatic carbocycles. The average molecular weight is 314 g/mol. The number of hydrogen-bond donors (Lipinski definition) is 3. The number of fused-ring (bicyclic) bond motifs is 1.